The quantitative estimate of drug-likeness (QED) is 0.153. The zero-order valence-corrected chi connectivity index (χ0v) is 32.1. The van der Waals surface area contributed by atoms with E-state index in [2.05, 4.69) is 66.0 Å². The van der Waals surface area contributed by atoms with Gasteiger partial charge in [-0.15, -0.1) is 0 Å². The molecule has 0 spiro atoms. The Morgan fingerprint density at radius 3 is 1.59 bits per heavy atom. The molecule has 6 rings (SSSR count). The van der Waals surface area contributed by atoms with Gasteiger partial charge in [0.1, 0.15) is 40.8 Å². The molecule has 0 radical (unpaired) electrons. The maximum atomic E-state index is 6.18. The number of nitrogens with zero attached hydrogens (tertiary/aromatic N) is 1. The molecule has 2 saturated heterocycles. The minimum Gasteiger partial charge on any atom is -0.493 e. The average molecular weight is 773 g/mol. The van der Waals surface area contributed by atoms with E-state index in [1.807, 2.05) is 84.9 Å². The van der Waals surface area contributed by atoms with Crippen LogP contribution in [0.1, 0.15) is 37.8 Å². The second-order valence-electron chi connectivity index (χ2n) is 13.0. The highest BCUT2D eigenvalue weighted by molar-refractivity contribution is 9.09. The summed E-state index contributed by atoms with van der Waals surface area (Å²) in [7, 11) is 0. The van der Waals surface area contributed by atoms with E-state index in [0.717, 1.165) is 90.5 Å². The summed E-state index contributed by atoms with van der Waals surface area (Å²) in [6, 6.07) is 31.3. The number of likely N-dealkylation sites (tertiary alicyclic amines) is 1. The zero-order valence-electron chi connectivity index (χ0n) is 29.0. The molecule has 2 unspecified atom stereocenters. The molecule has 6 nitrogen and oxygen atoms in total. The number of ether oxygens (including phenoxy) is 4. The van der Waals surface area contributed by atoms with E-state index in [1.54, 1.807) is 0 Å². The number of aryl methyl sites for hydroxylation is 2. The fourth-order valence-electron chi connectivity index (χ4n) is 5.47. The van der Waals surface area contributed by atoms with E-state index in [4.69, 9.17) is 42.1 Å². The van der Waals surface area contributed by atoms with Gasteiger partial charge in [0.25, 0.3) is 0 Å². The molecular formula is C40H49BrCl2N2O4. The summed E-state index contributed by atoms with van der Waals surface area (Å²) in [6.07, 6.45) is 2.07. The molecule has 49 heavy (non-hydrogen) atoms. The first-order chi connectivity index (χ1) is 23.5. The topological polar surface area (TPSA) is 52.2 Å². The third-order valence-corrected chi connectivity index (χ3v) is 9.09. The largest absolute Gasteiger partial charge is 0.493 e. The molecule has 0 aromatic heterocycles. The standard InChI is InChI=1S/C20H24ClNO2.C11H14ClNO.C9H11BrO/c1-16-3-7-18(8-4-16)23-14-13-22-12-11-20(2,15-22)24-19-9-5-17(21)6-10-19;1-11(6-7-13-8-11)14-10-4-2-9(12)3-5-10;1-8-2-4-9(5-3-8)11-7-6-10/h3-10H,11-15H2,1-2H3;2-5,13H,6-8H2,1H3;2-5H,6-7H2,1H3. The Bertz CT molecular complexity index is 1520. The van der Waals surface area contributed by atoms with Crippen molar-refractivity contribution in [2.45, 2.75) is 51.7 Å². The predicted molar refractivity (Wildman–Crippen MR) is 207 cm³/mol. The Labute approximate surface area is 311 Å². The molecule has 2 aliphatic rings. The molecule has 2 fully saturated rings. The molecule has 0 aliphatic carbocycles. The molecule has 2 atom stereocenters. The van der Waals surface area contributed by atoms with E-state index in [0.29, 0.717) is 6.61 Å². The number of nitrogens with one attached hydrogen (secondary N) is 1. The smallest absolute Gasteiger partial charge is 0.120 e. The van der Waals surface area contributed by atoms with Crippen molar-refractivity contribution in [3.8, 4) is 23.0 Å². The fraction of sp³-hybridized carbons (Fsp3) is 0.400. The monoisotopic (exact) mass is 770 g/mol. The summed E-state index contributed by atoms with van der Waals surface area (Å²) in [5, 5.41) is 5.64. The lowest BCUT2D eigenvalue weighted by atomic mass is 10.1. The van der Waals surface area contributed by atoms with Gasteiger partial charge in [0.2, 0.25) is 0 Å². The molecular weight excluding hydrogens is 723 g/mol. The van der Waals surface area contributed by atoms with Crippen molar-refractivity contribution in [3.63, 3.8) is 0 Å². The van der Waals surface area contributed by atoms with Gasteiger partial charge in [-0.1, -0.05) is 74.5 Å². The van der Waals surface area contributed by atoms with E-state index in [9.17, 15) is 0 Å². The molecule has 0 amide bonds. The van der Waals surface area contributed by atoms with E-state index in [-0.39, 0.29) is 11.2 Å². The van der Waals surface area contributed by atoms with Gasteiger partial charge in [-0.25, -0.2) is 0 Å². The van der Waals surface area contributed by atoms with Gasteiger partial charge in [0, 0.05) is 54.4 Å². The van der Waals surface area contributed by atoms with Crippen molar-refractivity contribution in [1.82, 2.24) is 10.2 Å². The summed E-state index contributed by atoms with van der Waals surface area (Å²) >= 11 is 15.0. The molecule has 1 N–H and O–H groups in total. The maximum Gasteiger partial charge on any atom is 0.120 e. The molecule has 9 heteroatoms. The highest BCUT2D eigenvalue weighted by Crippen LogP contribution is 2.29. The lowest BCUT2D eigenvalue weighted by Gasteiger charge is -2.26. The first kappa shape index (κ1) is 38.9. The van der Waals surface area contributed by atoms with E-state index < -0.39 is 0 Å². The van der Waals surface area contributed by atoms with Gasteiger partial charge in [-0.05, 0) is 107 Å². The Balaban J connectivity index is 0.000000183. The highest BCUT2D eigenvalue weighted by atomic mass is 79.9. The minimum absolute atomic E-state index is 0.0617. The van der Waals surface area contributed by atoms with Crippen LogP contribution in [-0.4, -0.2) is 67.4 Å². The third-order valence-electron chi connectivity index (χ3n) is 8.26. The summed E-state index contributed by atoms with van der Waals surface area (Å²) in [6.45, 7) is 14.7. The van der Waals surface area contributed by atoms with Gasteiger partial charge in [0.15, 0.2) is 0 Å². The minimum atomic E-state index is -0.155. The Morgan fingerprint density at radius 1 is 0.653 bits per heavy atom. The van der Waals surface area contributed by atoms with Crippen molar-refractivity contribution in [2.75, 3.05) is 51.3 Å². The molecule has 4 aromatic carbocycles. The van der Waals surface area contributed by atoms with Crippen LogP contribution in [0.15, 0.2) is 97.1 Å². The molecule has 0 saturated carbocycles. The normalized spacial score (nSPS) is 20.0. The molecule has 4 aromatic rings. The van der Waals surface area contributed by atoms with Crippen LogP contribution in [-0.2, 0) is 0 Å². The van der Waals surface area contributed by atoms with Crippen LogP contribution in [0.5, 0.6) is 23.0 Å². The summed E-state index contributed by atoms with van der Waals surface area (Å²) in [4.78, 5) is 2.39. The lowest BCUT2D eigenvalue weighted by Crippen LogP contribution is -2.37. The van der Waals surface area contributed by atoms with Crippen molar-refractivity contribution in [2.24, 2.45) is 0 Å². The van der Waals surface area contributed by atoms with Crippen LogP contribution in [0.4, 0.5) is 0 Å². The zero-order chi connectivity index (χ0) is 35.1. The molecule has 2 heterocycles. The van der Waals surface area contributed by atoms with Crippen LogP contribution in [0.25, 0.3) is 0 Å². The number of halogens is 3. The number of hydrogen-bond acceptors (Lipinski definition) is 6. The Kier molecular flexibility index (Phi) is 15.4. The maximum absolute atomic E-state index is 6.18. The Morgan fingerprint density at radius 2 is 1.12 bits per heavy atom. The average Bonchev–Trinajstić information content (AvgIpc) is 3.69. The second-order valence-corrected chi connectivity index (χ2v) is 14.6. The number of alkyl halides is 1. The van der Waals surface area contributed by atoms with Crippen molar-refractivity contribution < 1.29 is 18.9 Å². The first-order valence-electron chi connectivity index (χ1n) is 16.8. The van der Waals surface area contributed by atoms with Crippen LogP contribution < -0.4 is 24.3 Å². The van der Waals surface area contributed by atoms with Gasteiger partial charge < -0.3 is 24.3 Å². The third kappa shape index (κ3) is 14.1. The van der Waals surface area contributed by atoms with Gasteiger partial charge in [-0.3, -0.25) is 4.90 Å². The van der Waals surface area contributed by atoms with Crippen LogP contribution in [0.3, 0.4) is 0 Å². The second kappa shape index (κ2) is 19.5. The molecule has 264 valence electrons. The number of hydrogen-bond donors (Lipinski definition) is 1. The van der Waals surface area contributed by atoms with Crippen molar-refractivity contribution >= 4 is 39.1 Å². The first-order valence-corrected chi connectivity index (χ1v) is 18.7. The van der Waals surface area contributed by atoms with Crippen molar-refractivity contribution in [1.29, 1.82) is 0 Å². The van der Waals surface area contributed by atoms with Crippen LogP contribution in [0, 0.1) is 13.8 Å². The lowest BCUT2D eigenvalue weighted by molar-refractivity contribution is 0.0935. The SMILES string of the molecule is CC1(Oc2ccc(Cl)cc2)CCNC1.Cc1ccc(OCCBr)cc1.Cc1ccc(OCCN2CCC(C)(Oc3ccc(Cl)cc3)C2)cc1. The van der Waals surface area contributed by atoms with E-state index >= 15 is 0 Å². The fourth-order valence-corrected chi connectivity index (χ4v) is 5.89. The van der Waals surface area contributed by atoms with Crippen LogP contribution >= 0.6 is 39.1 Å². The predicted octanol–water partition coefficient (Wildman–Crippen LogP) is 9.81. The van der Waals surface area contributed by atoms with Crippen LogP contribution in [0.2, 0.25) is 10.0 Å². The highest BCUT2D eigenvalue weighted by Gasteiger charge is 2.35. The van der Waals surface area contributed by atoms with E-state index in [1.165, 1.54) is 11.1 Å². The summed E-state index contributed by atoms with van der Waals surface area (Å²) in [5.41, 5.74) is 2.29. The van der Waals surface area contributed by atoms with Gasteiger partial charge in [0.05, 0.1) is 6.61 Å². The van der Waals surface area contributed by atoms with Crippen molar-refractivity contribution in [3.05, 3.63) is 118 Å². The van der Waals surface area contributed by atoms with Gasteiger partial charge in [-0.2, -0.15) is 0 Å². The van der Waals surface area contributed by atoms with Gasteiger partial charge >= 0.3 is 0 Å². The number of rotatable bonds is 11. The Hall–Kier alpha value is -2.94. The summed E-state index contributed by atoms with van der Waals surface area (Å²) in [5.74, 6) is 3.63. The number of benzene rings is 4. The molecule has 0 bridgehead atoms. The molecule has 2 aliphatic heterocycles. The summed E-state index contributed by atoms with van der Waals surface area (Å²) < 4.78 is 23.3.